The molecule has 4 rings (SSSR count). The van der Waals surface area contributed by atoms with Crippen LogP contribution in [0.1, 0.15) is 117 Å². The predicted octanol–water partition coefficient (Wildman–Crippen LogP) is 7.82. The lowest BCUT2D eigenvalue weighted by atomic mass is 9.61. The number of hydrogen-bond acceptors (Lipinski definition) is 3. The molecule has 4 aliphatic rings. The Balaban J connectivity index is 1.37. The second kappa shape index (κ2) is 12.3. The number of rotatable bonds is 11. The van der Waals surface area contributed by atoms with Gasteiger partial charge in [-0.25, -0.2) is 0 Å². The topological polar surface area (TPSA) is 60.7 Å². The van der Waals surface area contributed by atoms with Crippen LogP contribution in [0.2, 0.25) is 0 Å². The molecule has 0 amide bonds. The smallest absolute Gasteiger partial charge is 0.0811 e. The molecule has 4 saturated carbocycles. The molecular weight excluding hydrogens is 456 g/mol. The first-order valence-electron chi connectivity index (χ1n) is 15.5. The minimum atomic E-state index is -0.625. The summed E-state index contributed by atoms with van der Waals surface area (Å²) in [6.45, 7) is 11.2. The monoisotopic (exact) mass is 510 g/mol. The Morgan fingerprint density at radius 1 is 1.03 bits per heavy atom. The maximum Gasteiger partial charge on any atom is 0.0811 e. The van der Waals surface area contributed by atoms with Gasteiger partial charge in [0.1, 0.15) is 0 Å². The number of aliphatic hydroxyl groups excluding tert-OH is 3. The van der Waals surface area contributed by atoms with Gasteiger partial charge in [-0.3, -0.25) is 0 Å². The molecule has 4 aliphatic carbocycles. The first kappa shape index (κ1) is 28.8. The average molecular weight is 511 g/mol. The zero-order valence-corrected chi connectivity index (χ0v) is 23.9. The molecule has 3 nitrogen and oxygen atoms in total. The maximum atomic E-state index is 11.1. The molecule has 0 radical (unpaired) electrons. The lowest BCUT2D eigenvalue weighted by Crippen LogP contribution is -2.35. The fourth-order valence-corrected chi connectivity index (χ4v) is 8.16. The molecule has 0 heterocycles. The zero-order chi connectivity index (χ0) is 26.6. The van der Waals surface area contributed by atoms with Crippen LogP contribution in [0.4, 0.5) is 0 Å². The SMILES string of the molecule is C=C1C(=CC=C2CCC[C@]3(C)[C@@H]([C@H](C)C=C[C@@H](O)C4(CCCCCCC)CC4)CC[C@@H]23)C[C@@H](O)C[C@@H]1O. The molecule has 0 unspecified atom stereocenters. The molecule has 0 saturated heterocycles. The Morgan fingerprint density at radius 2 is 1.78 bits per heavy atom. The first-order chi connectivity index (χ1) is 17.7. The van der Waals surface area contributed by atoms with Crippen molar-refractivity contribution >= 4 is 0 Å². The van der Waals surface area contributed by atoms with Crippen molar-refractivity contribution in [1.29, 1.82) is 0 Å². The van der Waals surface area contributed by atoms with Gasteiger partial charge in [-0.15, -0.1) is 0 Å². The van der Waals surface area contributed by atoms with E-state index in [0.29, 0.717) is 36.0 Å². The molecular formula is C34H54O3. The Bertz CT molecular complexity index is 877. The first-order valence-corrected chi connectivity index (χ1v) is 15.5. The van der Waals surface area contributed by atoms with Crippen molar-refractivity contribution in [3.8, 4) is 0 Å². The van der Waals surface area contributed by atoms with E-state index in [0.717, 1.165) is 17.6 Å². The van der Waals surface area contributed by atoms with Crippen molar-refractivity contribution in [3.05, 3.63) is 47.6 Å². The number of fused-ring (bicyclic) bond motifs is 1. The van der Waals surface area contributed by atoms with Crippen LogP contribution >= 0.6 is 0 Å². The highest BCUT2D eigenvalue weighted by Gasteiger charge is 2.51. The highest BCUT2D eigenvalue weighted by molar-refractivity contribution is 5.38. The summed E-state index contributed by atoms with van der Waals surface area (Å²) in [7, 11) is 0. The Morgan fingerprint density at radius 3 is 2.51 bits per heavy atom. The van der Waals surface area contributed by atoms with E-state index in [-0.39, 0.29) is 11.5 Å². The molecule has 0 aromatic carbocycles. The molecule has 208 valence electrons. The van der Waals surface area contributed by atoms with Crippen molar-refractivity contribution in [2.75, 3.05) is 0 Å². The summed E-state index contributed by atoms with van der Waals surface area (Å²) in [5.41, 5.74) is 3.80. The third-order valence-corrected chi connectivity index (χ3v) is 10.8. The van der Waals surface area contributed by atoms with Gasteiger partial charge < -0.3 is 15.3 Å². The van der Waals surface area contributed by atoms with E-state index in [9.17, 15) is 15.3 Å². The van der Waals surface area contributed by atoms with Crippen LogP contribution in [0.3, 0.4) is 0 Å². The Kier molecular flexibility index (Phi) is 9.62. The van der Waals surface area contributed by atoms with Gasteiger partial charge in [-0.2, -0.15) is 0 Å². The molecule has 0 bridgehead atoms. The second-order valence-electron chi connectivity index (χ2n) is 13.4. The highest BCUT2D eigenvalue weighted by Crippen LogP contribution is 2.60. The molecule has 3 heteroatoms. The van der Waals surface area contributed by atoms with Gasteiger partial charge in [0.2, 0.25) is 0 Å². The lowest BCUT2D eigenvalue weighted by molar-refractivity contribution is 0.0862. The minimum Gasteiger partial charge on any atom is -0.393 e. The fourth-order valence-electron chi connectivity index (χ4n) is 8.16. The quantitative estimate of drug-likeness (QED) is 0.196. The summed E-state index contributed by atoms with van der Waals surface area (Å²) in [5, 5.41) is 31.4. The molecule has 0 spiro atoms. The highest BCUT2D eigenvalue weighted by atomic mass is 16.3. The molecule has 4 fully saturated rings. The predicted molar refractivity (Wildman–Crippen MR) is 154 cm³/mol. The molecule has 0 aliphatic heterocycles. The summed E-state index contributed by atoms with van der Waals surface area (Å²) in [5.74, 6) is 1.73. The van der Waals surface area contributed by atoms with E-state index < -0.39 is 12.2 Å². The van der Waals surface area contributed by atoms with E-state index in [1.54, 1.807) is 5.57 Å². The number of allylic oxidation sites excluding steroid dienone is 4. The van der Waals surface area contributed by atoms with Crippen LogP contribution in [0.15, 0.2) is 47.6 Å². The summed E-state index contributed by atoms with van der Waals surface area (Å²) < 4.78 is 0. The van der Waals surface area contributed by atoms with Crippen LogP contribution in [0.5, 0.6) is 0 Å². The van der Waals surface area contributed by atoms with Crippen molar-refractivity contribution in [1.82, 2.24) is 0 Å². The normalized spacial score (nSPS) is 37.3. The van der Waals surface area contributed by atoms with Gasteiger partial charge in [0, 0.05) is 6.42 Å². The van der Waals surface area contributed by atoms with Gasteiger partial charge in [-0.05, 0) is 97.5 Å². The van der Waals surface area contributed by atoms with Gasteiger partial charge in [0.05, 0.1) is 18.3 Å². The Labute approximate surface area is 226 Å². The van der Waals surface area contributed by atoms with E-state index >= 15 is 0 Å². The molecule has 3 N–H and O–H groups in total. The van der Waals surface area contributed by atoms with Crippen molar-refractivity contribution in [2.24, 2.45) is 28.6 Å². The number of aliphatic hydroxyl groups is 3. The summed E-state index contributed by atoms with van der Waals surface area (Å²) >= 11 is 0. The second-order valence-corrected chi connectivity index (χ2v) is 13.4. The molecule has 0 aromatic heterocycles. The van der Waals surface area contributed by atoms with Crippen LogP contribution < -0.4 is 0 Å². The molecule has 7 atom stereocenters. The maximum absolute atomic E-state index is 11.1. The zero-order valence-electron chi connectivity index (χ0n) is 23.9. The summed E-state index contributed by atoms with van der Waals surface area (Å²) in [6.07, 6.45) is 24.8. The molecule has 0 aromatic rings. The van der Waals surface area contributed by atoms with E-state index in [1.165, 1.54) is 77.0 Å². The lowest BCUT2D eigenvalue weighted by Gasteiger charge is -2.44. The summed E-state index contributed by atoms with van der Waals surface area (Å²) in [6, 6.07) is 0. The van der Waals surface area contributed by atoms with E-state index in [2.05, 4.69) is 51.7 Å². The number of hydrogen-bond donors (Lipinski definition) is 3. The van der Waals surface area contributed by atoms with Gasteiger partial charge in [-0.1, -0.05) is 89.3 Å². The van der Waals surface area contributed by atoms with E-state index in [4.69, 9.17) is 0 Å². The van der Waals surface area contributed by atoms with Crippen LogP contribution in [-0.2, 0) is 0 Å². The van der Waals surface area contributed by atoms with Crippen molar-refractivity contribution in [3.63, 3.8) is 0 Å². The van der Waals surface area contributed by atoms with E-state index in [1.807, 2.05) is 0 Å². The van der Waals surface area contributed by atoms with Crippen LogP contribution in [0, 0.1) is 28.6 Å². The Hall–Kier alpha value is -1.16. The van der Waals surface area contributed by atoms with Gasteiger partial charge in [0.25, 0.3) is 0 Å². The third kappa shape index (κ3) is 6.53. The van der Waals surface area contributed by atoms with Gasteiger partial charge in [0.15, 0.2) is 0 Å². The standard InChI is InChI=1S/C34H54O3/c1-5-6-7-8-9-19-34(20-21-34)32(37)17-12-24(2)29-15-16-30-26(11-10-18-33(29,30)4)13-14-27-22-28(35)23-31(36)25(27)3/h12-14,17,24,28-32,35-37H,3,5-11,15-16,18-23H2,1-2,4H3/t24-,28-,29-,30+,31+,32-,33-/m1/s1. The molecule has 37 heavy (non-hydrogen) atoms. The largest absolute Gasteiger partial charge is 0.393 e. The van der Waals surface area contributed by atoms with Crippen molar-refractivity contribution < 1.29 is 15.3 Å². The van der Waals surface area contributed by atoms with Crippen molar-refractivity contribution in [2.45, 2.75) is 135 Å². The third-order valence-electron chi connectivity index (χ3n) is 10.8. The summed E-state index contributed by atoms with van der Waals surface area (Å²) in [4.78, 5) is 0. The average Bonchev–Trinajstić information content (AvgIpc) is 3.57. The van der Waals surface area contributed by atoms with Crippen LogP contribution in [0.25, 0.3) is 0 Å². The minimum absolute atomic E-state index is 0.170. The van der Waals surface area contributed by atoms with Crippen LogP contribution in [-0.4, -0.2) is 33.6 Å². The fraction of sp³-hybridized carbons (Fsp3) is 0.765. The van der Waals surface area contributed by atoms with Gasteiger partial charge >= 0.3 is 0 Å². The number of unbranched alkanes of at least 4 members (excludes halogenated alkanes) is 4.